The van der Waals surface area contributed by atoms with Gasteiger partial charge in [0.25, 0.3) is 0 Å². The monoisotopic (exact) mass is 318 g/mol. The molecule has 5 heteroatoms. The van der Waals surface area contributed by atoms with Gasteiger partial charge in [-0.05, 0) is 35.6 Å². The molecule has 0 atom stereocenters. The lowest BCUT2D eigenvalue weighted by molar-refractivity contribution is 0.0997. The molecule has 0 bridgehead atoms. The Morgan fingerprint density at radius 3 is 2.56 bits per heavy atom. The molecular formula is C13H9Cl3OS. The summed E-state index contributed by atoms with van der Waals surface area (Å²) in [6.45, 7) is 1.88. The summed E-state index contributed by atoms with van der Waals surface area (Å²) < 4.78 is 0. The van der Waals surface area contributed by atoms with Crippen LogP contribution < -0.4 is 0 Å². The van der Waals surface area contributed by atoms with E-state index < -0.39 is 0 Å². The average molecular weight is 320 g/mol. The van der Waals surface area contributed by atoms with Gasteiger partial charge in [-0.2, -0.15) is 0 Å². The van der Waals surface area contributed by atoms with Crippen LogP contribution in [0, 0.1) is 6.92 Å². The maximum absolute atomic E-state index is 12.1. The average Bonchev–Trinajstić information content (AvgIpc) is 2.64. The predicted molar refractivity (Wildman–Crippen MR) is 78.6 cm³/mol. The zero-order valence-electron chi connectivity index (χ0n) is 9.47. The van der Waals surface area contributed by atoms with Gasteiger partial charge in [-0.3, -0.25) is 4.79 Å². The third-order valence-electron chi connectivity index (χ3n) is 2.52. The number of rotatable bonds is 3. The molecule has 1 nitrogen and oxygen atoms in total. The molecule has 1 aromatic heterocycles. The minimum absolute atomic E-state index is 0.0256. The number of thiophene rings is 1. The molecule has 0 aliphatic rings. The minimum Gasteiger partial charge on any atom is -0.293 e. The van der Waals surface area contributed by atoms with Crippen molar-refractivity contribution in [2.24, 2.45) is 0 Å². The molecule has 1 heterocycles. The lowest BCUT2D eigenvalue weighted by Crippen LogP contribution is -2.02. The van der Waals surface area contributed by atoms with Crippen molar-refractivity contribution >= 4 is 51.9 Å². The first-order chi connectivity index (χ1) is 8.49. The van der Waals surface area contributed by atoms with Crippen molar-refractivity contribution in [3.63, 3.8) is 0 Å². The van der Waals surface area contributed by atoms with Crippen molar-refractivity contribution in [3.8, 4) is 0 Å². The number of hydrogen-bond donors (Lipinski definition) is 0. The number of benzene rings is 1. The fourth-order valence-corrected chi connectivity index (χ4v) is 3.25. The number of Topliss-reactive ketones (excluding diaryl/α,β-unsaturated/α-hetero) is 1. The molecule has 1 aromatic carbocycles. The lowest BCUT2D eigenvalue weighted by atomic mass is 10.1. The molecule has 0 amide bonds. The van der Waals surface area contributed by atoms with Crippen LogP contribution in [-0.4, -0.2) is 5.78 Å². The first-order valence-electron chi connectivity index (χ1n) is 5.19. The topological polar surface area (TPSA) is 17.1 Å². The fourth-order valence-electron chi connectivity index (χ4n) is 1.54. The van der Waals surface area contributed by atoms with Gasteiger partial charge in [-0.25, -0.2) is 0 Å². The van der Waals surface area contributed by atoms with Gasteiger partial charge in [0.1, 0.15) is 0 Å². The van der Waals surface area contributed by atoms with Crippen LogP contribution in [0.1, 0.15) is 20.8 Å². The van der Waals surface area contributed by atoms with E-state index in [1.807, 2.05) is 12.3 Å². The summed E-state index contributed by atoms with van der Waals surface area (Å²) in [7, 11) is 0. The van der Waals surface area contributed by atoms with E-state index in [0.717, 1.165) is 11.1 Å². The summed E-state index contributed by atoms with van der Waals surface area (Å²) >= 11 is 19.3. The first kappa shape index (κ1) is 13.9. The molecule has 0 saturated carbocycles. The Balaban J connectivity index is 2.24. The highest BCUT2D eigenvalue weighted by Crippen LogP contribution is 2.29. The molecule has 94 valence electrons. The molecule has 0 fully saturated rings. The second-order valence-corrected chi connectivity index (χ2v) is 6.00. The summed E-state index contributed by atoms with van der Waals surface area (Å²) in [6, 6.07) is 5.11. The standard InChI is InChI=1S/C13H9Cl3OS/c1-7-6-18-13(12(7)16)11(17)4-8-2-3-9(14)5-10(8)15/h2-3,5-6H,4H2,1H3. The van der Waals surface area contributed by atoms with Gasteiger partial charge in [0.05, 0.1) is 9.90 Å². The summed E-state index contributed by atoms with van der Waals surface area (Å²) in [6.07, 6.45) is 0.232. The maximum Gasteiger partial charge on any atom is 0.178 e. The van der Waals surface area contributed by atoms with Gasteiger partial charge in [-0.1, -0.05) is 40.9 Å². The van der Waals surface area contributed by atoms with Crippen molar-refractivity contribution in [3.05, 3.63) is 54.7 Å². The molecule has 0 saturated heterocycles. The van der Waals surface area contributed by atoms with Crippen molar-refractivity contribution < 1.29 is 4.79 Å². The van der Waals surface area contributed by atoms with Gasteiger partial charge >= 0.3 is 0 Å². The molecule has 0 aliphatic carbocycles. The summed E-state index contributed by atoms with van der Waals surface area (Å²) in [5.41, 5.74) is 1.68. The summed E-state index contributed by atoms with van der Waals surface area (Å²) in [5.74, 6) is -0.0256. The largest absolute Gasteiger partial charge is 0.293 e. The molecule has 0 spiro atoms. The lowest BCUT2D eigenvalue weighted by Gasteiger charge is -2.03. The number of hydrogen-bond acceptors (Lipinski definition) is 2. The number of carbonyl (C=O) groups is 1. The molecular weight excluding hydrogens is 311 g/mol. The van der Waals surface area contributed by atoms with Gasteiger partial charge < -0.3 is 0 Å². The van der Waals surface area contributed by atoms with Crippen LogP contribution >= 0.6 is 46.1 Å². The van der Waals surface area contributed by atoms with Crippen LogP contribution in [0.25, 0.3) is 0 Å². The van der Waals surface area contributed by atoms with Gasteiger partial charge in [0.2, 0.25) is 0 Å². The molecule has 2 aromatic rings. The quantitative estimate of drug-likeness (QED) is 0.688. The summed E-state index contributed by atoms with van der Waals surface area (Å²) in [5, 5.41) is 3.47. The van der Waals surface area contributed by atoms with E-state index in [0.29, 0.717) is 19.9 Å². The zero-order valence-corrected chi connectivity index (χ0v) is 12.6. The van der Waals surface area contributed by atoms with Crippen LogP contribution in [0.4, 0.5) is 0 Å². The summed E-state index contributed by atoms with van der Waals surface area (Å²) in [4.78, 5) is 12.7. The number of ketones is 1. The Kier molecular flexibility index (Phi) is 4.33. The molecule has 0 aliphatic heterocycles. The van der Waals surface area contributed by atoms with E-state index in [1.54, 1.807) is 18.2 Å². The smallest absolute Gasteiger partial charge is 0.178 e. The normalized spacial score (nSPS) is 10.7. The zero-order chi connectivity index (χ0) is 13.3. The molecule has 2 rings (SSSR count). The van der Waals surface area contributed by atoms with Gasteiger partial charge in [-0.15, -0.1) is 11.3 Å². The van der Waals surface area contributed by atoms with E-state index in [2.05, 4.69) is 0 Å². The maximum atomic E-state index is 12.1. The Labute approximate surface area is 124 Å². The second-order valence-electron chi connectivity index (χ2n) is 3.90. The molecule has 0 N–H and O–H groups in total. The van der Waals surface area contributed by atoms with Crippen molar-refractivity contribution in [1.82, 2.24) is 0 Å². The van der Waals surface area contributed by atoms with E-state index in [9.17, 15) is 4.79 Å². The van der Waals surface area contributed by atoms with Crippen LogP contribution in [0.5, 0.6) is 0 Å². The molecule has 0 unspecified atom stereocenters. The van der Waals surface area contributed by atoms with Crippen LogP contribution in [0.3, 0.4) is 0 Å². The number of halogens is 3. The van der Waals surface area contributed by atoms with E-state index >= 15 is 0 Å². The van der Waals surface area contributed by atoms with Crippen LogP contribution in [0.2, 0.25) is 15.1 Å². The van der Waals surface area contributed by atoms with Gasteiger partial charge in [0.15, 0.2) is 5.78 Å². The highest BCUT2D eigenvalue weighted by Gasteiger charge is 2.16. The van der Waals surface area contributed by atoms with Gasteiger partial charge in [0, 0.05) is 16.5 Å². The van der Waals surface area contributed by atoms with Crippen molar-refractivity contribution in [1.29, 1.82) is 0 Å². The van der Waals surface area contributed by atoms with Crippen molar-refractivity contribution in [2.45, 2.75) is 13.3 Å². The predicted octanol–water partition coefficient (Wildman–Crippen LogP) is 5.44. The van der Waals surface area contributed by atoms with E-state index in [1.165, 1.54) is 11.3 Å². The third kappa shape index (κ3) is 2.89. The Hall–Kier alpha value is -0.540. The highest BCUT2D eigenvalue weighted by molar-refractivity contribution is 7.13. The Morgan fingerprint density at radius 2 is 2.00 bits per heavy atom. The fraction of sp³-hybridized carbons (Fsp3) is 0.154. The number of carbonyl (C=O) groups excluding carboxylic acids is 1. The minimum atomic E-state index is -0.0256. The Morgan fingerprint density at radius 1 is 1.28 bits per heavy atom. The van der Waals surface area contributed by atoms with Crippen LogP contribution in [0.15, 0.2) is 23.6 Å². The van der Waals surface area contributed by atoms with E-state index in [-0.39, 0.29) is 12.2 Å². The first-order valence-corrected chi connectivity index (χ1v) is 7.21. The Bertz CT molecular complexity index is 604. The third-order valence-corrected chi connectivity index (χ3v) is 4.84. The molecule has 0 radical (unpaired) electrons. The molecule has 18 heavy (non-hydrogen) atoms. The highest BCUT2D eigenvalue weighted by atomic mass is 35.5. The van der Waals surface area contributed by atoms with Crippen LogP contribution in [-0.2, 0) is 6.42 Å². The number of aryl methyl sites for hydroxylation is 1. The second kappa shape index (κ2) is 5.62. The van der Waals surface area contributed by atoms with E-state index in [4.69, 9.17) is 34.8 Å². The SMILES string of the molecule is Cc1csc(C(=O)Cc2ccc(Cl)cc2Cl)c1Cl. The van der Waals surface area contributed by atoms with Crippen molar-refractivity contribution in [2.75, 3.05) is 0 Å².